The molecule has 0 heterocycles. The molecule has 0 saturated carbocycles. The zero-order valence-electron chi connectivity index (χ0n) is 19.7. The SMILES string of the molecule is COc1ccc(S(=O)(=O)N(CCc2ccccc2)CC(=O)Nc2cc(OC)c(Cl)cc2OC)cc1. The van der Waals surface area contributed by atoms with Gasteiger partial charge in [0.15, 0.2) is 0 Å². The molecule has 0 bridgehead atoms. The highest BCUT2D eigenvalue weighted by Crippen LogP contribution is 2.36. The van der Waals surface area contributed by atoms with Crippen molar-refractivity contribution in [1.82, 2.24) is 4.31 Å². The number of sulfonamides is 1. The molecule has 0 aliphatic rings. The summed E-state index contributed by atoms with van der Waals surface area (Å²) in [5.41, 5.74) is 1.26. The van der Waals surface area contributed by atoms with E-state index in [9.17, 15) is 13.2 Å². The maximum atomic E-state index is 13.5. The minimum Gasteiger partial charge on any atom is -0.497 e. The molecule has 1 N–H and O–H groups in total. The summed E-state index contributed by atoms with van der Waals surface area (Å²) < 4.78 is 43.7. The fourth-order valence-corrected chi connectivity index (χ4v) is 5.02. The standard InChI is InChI=1S/C25H27ClN2O6S/c1-32-19-9-11-20(12-10-19)35(30,31)28(14-13-18-7-5-4-6-8-18)17-25(29)27-22-16-23(33-2)21(26)15-24(22)34-3/h4-12,15-16H,13-14,17H2,1-3H3,(H,27,29). The second-order valence-corrected chi connectivity index (χ2v) is 9.83. The largest absolute Gasteiger partial charge is 0.497 e. The van der Waals surface area contributed by atoms with Gasteiger partial charge in [-0.15, -0.1) is 0 Å². The lowest BCUT2D eigenvalue weighted by Crippen LogP contribution is -2.39. The number of nitrogens with zero attached hydrogens (tertiary/aromatic N) is 1. The number of methoxy groups -OCH3 is 3. The zero-order valence-corrected chi connectivity index (χ0v) is 21.2. The van der Waals surface area contributed by atoms with Gasteiger partial charge in [0.05, 0.1) is 43.5 Å². The molecular formula is C25H27ClN2O6S. The number of rotatable bonds is 11. The first kappa shape index (κ1) is 26.3. The van der Waals surface area contributed by atoms with E-state index in [2.05, 4.69) is 5.32 Å². The number of halogens is 1. The topological polar surface area (TPSA) is 94.2 Å². The van der Waals surface area contributed by atoms with Crippen molar-refractivity contribution >= 4 is 33.2 Å². The van der Waals surface area contributed by atoms with Crippen LogP contribution in [0.1, 0.15) is 5.56 Å². The average Bonchev–Trinajstić information content (AvgIpc) is 2.87. The summed E-state index contributed by atoms with van der Waals surface area (Å²) in [6.07, 6.45) is 0.432. The monoisotopic (exact) mass is 518 g/mol. The average molecular weight is 519 g/mol. The molecule has 0 aliphatic heterocycles. The van der Waals surface area contributed by atoms with Crippen LogP contribution in [0.4, 0.5) is 5.69 Å². The second-order valence-electron chi connectivity index (χ2n) is 7.48. The van der Waals surface area contributed by atoms with E-state index in [0.717, 1.165) is 9.87 Å². The number of hydrogen-bond donors (Lipinski definition) is 1. The van der Waals surface area contributed by atoms with Crippen molar-refractivity contribution in [1.29, 1.82) is 0 Å². The van der Waals surface area contributed by atoms with Crippen molar-refractivity contribution in [3.63, 3.8) is 0 Å². The zero-order chi connectivity index (χ0) is 25.4. The molecule has 0 radical (unpaired) electrons. The third-order valence-electron chi connectivity index (χ3n) is 5.26. The van der Waals surface area contributed by atoms with E-state index in [1.54, 1.807) is 12.1 Å². The highest BCUT2D eigenvalue weighted by molar-refractivity contribution is 7.89. The van der Waals surface area contributed by atoms with Gasteiger partial charge >= 0.3 is 0 Å². The van der Waals surface area contributed by atoms with Crippen LogP contribution in [0.25, 0.3) is 0 Å². The highest BCUT2D eigenvalue weighted by atomic mass is 35.5. The van der Waals surface area contributed by atoms with Gasteiger partial charge in [-0.05, 0) is 36.2 Å². The van der Waals surface area contributed by atoms with Crippen LogP contribution in [0.5, 0.6) is 17.2 Å². The van der Waals surface area contributed by atoms with E-state index >= 15 is 0 Å². The van der Waals surface area contributed by atoms with Gasteiger partial charge in [0, 0.05) is 18.7 Å². The summed E-state index contributed by atoms with van der Waals surface area (Å²) in [6, 6.07) is 18.5. The Hall–Kier alpha value is -3.27. The van der Waals surface area contributed by atoms with Crippen LogP contribution in [0.3, 0.4) is 0 Å². The molecule has 0 fully saturated rings. The first-order valence-electron chi connectivity index (χ1n) is 10.7. The summed E-state index contributed by atoms with van der Waals surface area (Å²) >= 11 is 6.14. The molecule has 3 rings (SSSR count). The van der Waals surface area contributed by atoms with Gasteiger partial charge in [-0.2, -0.15) is 4.31 Å². The van der Waals surface area contributed by atoms with E-state index in [1.807, 2.05) is 30.3 Å². The Labute approximate surface area is 210 Å². The van der Waals surface area contributed by atoms with Crippen molar-refractivity contribution < 1.29 is 27.4 Å². The summed E-state index contributed by atoms with van der Waals surface area (Å²) in [7, 11) is 0.410. The minimum atomic E-state index is -3.98. The number of anilines is 1. The molecular weight excluding hydrogens is 492 g/mol. The van der Waals surface area contributed by atoms with Crippen LogP contribution in [0.15, 0.2) is 71.6 Å². The first-order valence-corrected chi connectivity index (χ1v) is 12.5. The quantitative estimate of drug-likeness (QED) is 0.408. The summed E-state index contributed by atoms with van der Waals surface area (Å²) in [6.45, 7) is -0.303. The number of amides is 1. The van der Waals surface area contributed by atoms with Crippen molar-refractivity contribution in [2.24, 2.45) is 0 Å². The number of benzene rings is 3. The highest BCUT2D eigenvalue weighted by Gasteiger charge is 2.27. The third kappa shape index (κ3) is 6.66. The Bertz CT molecular complexity index is 1250. The van der Waals surface area contributed by atoms with E-state index in [0.29, 0.717) is 34.4 Å². The van der Waals surface area contributed by atoms with Crippen LogP contribution in [-0.2, 0) is 21.2 Å². The lowest BCUT2D eigenvalue weighted by molar-refractivity contribution is -0.116. The molecule has 35 heavy (non-hydrogen) atoms. The van der Waals surface area contributed by atoms with Crippen LogP contribution < -0.4 is 19.5 Å². The Kier molecular flexibility index (Phi) is 8.97. The van der Waals surface area contributed by atoms with E-state index < -0.39 is 22.5 Å². The van der Waals surface area contributed by atoms with Crippen molar-refractivity contribution in [3.05, 3.63) is 77.3 Å². The smallest absolute Gasteiger partial charge is 0.243 e. The second kappa shape index (κ2) is 11.9. The Morgan fingerprint density at radius 3 is 2.17 bits per heavy atom. The van der Waals surface area contributed by atoms with Crippen molar-refractivity contribution in [2.45, 2.75) is 11.3 Å². The Morgan fingerprint density at radius 1 is 0.914 bits per heavy atom. The molecule has 3 aromatic carbocycles. The van der Waals surface area contributed by atoms with E-state index in [-0.39, 0.29) is 11.4 Å². The van der Waals surface area contributed by atoms with Gasteiger partial charge < -0.3 is 19.5 Å². The maximum absolute atomic E-state index is 13.5. The molecule has 0 unspecified atom stereocenters. The molecule has 8 nitrogen and oxygen atoms in total. The molecule has 0 aliphatic carbocycles. The molecule has 10 heteroatoms. The number of carbonyl (C=O) groups is 1. The predicted molar refractivity (Wildman–Crippen MR) is 135 cm³/mol. The Balaban J connectivity index is 1.86. The van der Waals surface area contributed by atoms with Crippen LogP contribution in [0.2, 0.25) is 5.02 Å². The van der Waals surface area contributed by atoms with Gasteiger partial charge in [-0.3, -0.25) is 4.79 Å². The lowest BCUT2D eigenvalue weighted by atomic mass is 10.1. The maximum Gasteiger partial charge on any atom is 0.243 e. The fourth-order valence-electron chi connectivity index (χ4n) is 3.39. The van der Waals surface area contributed by atoms with Crippen LogP contribution in [-0.4, -0.2) is 53.0 Å². The normalized spacial score (nSPS) is 11.2. The lowest BCUT2D eigenvalue weighted by Gasteiger charge is -2.22. The van der Waals surface area contributed by atoms with Gasteiger partial charge in [-0.1, -0.05) is 41.9 Å². The number of carbonyl (C=O) groups excluding carboxylic acids is 1. The van der Waals surface area contributed by atoms with Crippen LogP contribution >= 0.6 is 11.6 Å². The number of hydrogen-bond acceptors (Lipinski definition) is 6. The van der Waals surface area contributed by atoms with Gasteiger partial charge in [0.1, 0.15) is 17.2 Å². The fraction of sp³-hybridized carbons (Fsp3) is 0.240. The van der Waals surface area contributed by atoms with Crippen LogP contribution in [0, 0.1) is 0 Å². The minimum absolute atomic E-state index is 0.0601. The summed E-state index contributed by atoms with van der Waals surface area (Å²) in [5.74, 6) is 0.645. The van der Waals surface area contributed by atoms with Gasteiger partial charge in [0.25, 0.3) is 0 Å². The Morgan fingerprint density at radius 2 is 1.57 bits per heavy atom. The summed E-state index contributed by atoms with van der Waals surface area (Å²) in [4.78, 5) is 13.1. The van der Waals surface area contributed by atoms with Crippen molar-refractivity contribution in [2.75, 3.05) is 39.7 Å². The third-order valence-corrected chi connectivity index (χ3v) is 7.41. The van der Waals surface area contributed by atoms with Crippen molar-refractivity contribution in [3.8, 4) is 17.2 Å². The molecule has 0 aromatic heterocycles. The molecule has 0 saturated heterocycles. The predicted octanol–water partition coefficient (Wildman–Crippen LogP) is 4.24. The van der Waals surface area contributed by atoms with E-state index in [4.69, 9.17) is 25.8 Å². The number of nitrogens with one attached hydrogen (secondary N) is 1. The van der Waals surface area contributed by atoms with Gasteiger partial charge in [-0.25, -0.2) is 8.42 Å². The summed E-state index contributed by atoms with van der Waals surface area (Å²) in [5, 5.41) is 3.02. The van der Waals surface area contributed by atoms with E-state index in [1.165, 1.54) is 45.6 Å². The molecule has 3 aromatic rings. The molecule has 1 amide bonds. The molecule has 0 spiro atoms. The number of ether oxygens (including phenoxy) is 3. The molecule has 0 atom stereocenters. The first-order chi connectivity index (χ1) is 16.8. The van der Waals surface area contributed by atoms with Gasteiger partial charge in [0.2, 0.25) is 15.9 Å². The molecule has 186 valence electrons.